The fourth-order valence-corrected chi connectivity index (χ4v) is 2.57. The summed E-state index contributed by atoms with van der Waals surface area (Å²) in [6.07, 6.45) is 0. The van der Waals surface area contributed by atoms with E-state index in [9.17, 15) is 4.79 Å². The molecule has 1 aromatic carbocycles. The predicted molar refractivity (Wildman–Crippen MR) is 84.7 cm³/mol. The number of halogens is 2. The van der Waals surface area contributed by atoms with E-state index in [-0.39, 0.29) is 10.7 Å². The fourth-order valence-electron chi connectivity index (χ4n) is 1.21. The molecule has 2 nitrogen and oxygen atoms in total. The first-order chi connectivity index (χ1) is 8.19. The lowest BCUT2D eigenvalue weighted by Crippen LogP contribution is -2.19. The Hall–Kier alpha value is -0.190. The second-order valence-corrected chi connectivity index (χ2v) is 8.09. The van der Waals surface area contributed by atoms with Gasteiger partial charge in [-0.15, -0.1) is 11.8 Å². The number of carbonyl (C=O) groups is 1. The normalized spacial score (nSPS) is 11.4. The molecule has 0 heterocycles. The third kappa shape index (κ3) is 5.21. The Balaban J connectivity index is 2.68. The topological polar surface area (TPSA) is 29.1 Å². The number of hydrogen-bond donors (Lipinski definition) is 1. The number of benzene rings is 1. The summed E-state index contributed by atoms with van der Waals surface area (Å²) >= 11 is 11.1. The molecule has 0 unspecified atom stereocenters. The minimum Gasteiger partial charge on any atom is -0.324 e. The van der Waals surface area contributed by atoms with Crippen LogP contribution < -0.4 is 5.32 Å². The van der Waals surface area contributed by atoms with E-state index in [4.69, 9.17) is 11.6 Å². The number of thioether (sulfide) groups is 1. The molecule has 0 saturated heterocycles. The second kappa shape index (κ2) is 6.31. The van der Waals surface area contributed by atoms with Crippen LogP contribution in [0.15, 0.2) is 16.6 Å². The van der Waals surface area contributed by atoms with Crippen LogP contribution in [0, 0.1) is 6.92 Å². The van der Waals surface area contributed by atoms with Crippen LogP contribution in [0.4, 0.5) is 5.69 Å². The van der Waals surface area contributed by atoms with Gasteiger partial charge in [0.15, 0.2) is 0 Å². The van der Waals surface area contributed by atoms with Crippen molar-refractivity contribution in [2.45, 2.75) is 32.4 Å². The molecular weight excluding hydrogens is 334 g/mol. The van der Waals surface area contributed by atoms with Crippen molar-refractivity contribution < 1.29 is 4.79 Å². The average molecular weight is 351 g/mol. The average Bonchev–Trinajstić information content (AvgIpc) is 2.22. The molecule has 5 heteroatoms. The number of amides is 1. The number of rotatable bonds is 3. The molecule has 0 radical (unpaired) electrons. The lowest BCUT2D eigenvalue weighted by Gasteiger charge is -2.17. The maximum absolute atomic E-state index is 11.8. The molecule has 0 aliphatic rings. The zero-order valence-corrected chi connectivity index (χ0v) is 14.1. The van der Waals surface area contributed by atoms with Gasteiger partial charge in [-0.1, -0.05) is 32.4 Å². The molecule has 0 saturated carbocycles. The van der Waals surface area contributed by atoms with Gasteiger partial charge >= 0.3 is 0 Å². The van der Waals surface area contributed by atoms with Crippen LogP contribution in [0.5, 0.6) is 0 Å². The molecule has 1 amide bonds. The molecule has 0 aliphatic heterocycles. The Kier molecular flexibility index (Phi) is 5.56. The highest BCUT2D eigenvalue weighted by atomic mass is 79.9. The third-order valence-electron chi connectivity index (χ3n) is 2.16. The first kappa shape index (κ1) is 15.9. The number of nitrogens with one attached hydrogen (secondary N) is 1. The SMILES string of the molecule is Cc1cc(Br)c(NC(=O)CSC(C)(C)C)cc1Cl. The van der Waals surface area contributed by atoms with Crippen LogP contribution >= 0.6 is 39.3 Å². The van der Waals surface area contributed by atoms with Crippen molar-refractivity contribution in [1.29, 1.82) is 0 Å². The van der Waals surface area contributed by atoms with Gasteiger partial charge in [-0.2, -0.15) is 0 Å². The molecule has 0 aromatic heterocycles. The molecule has 1 rings (SSSR count). The minimum atomic E-state index is -0.0180. The summed E-state index contributed by atoms with van der Waals surface area (Å²) in [5.74, 6) is 0.414. The molecule has 0 bridgehead atoms. The fraction of sp³-hybridized carbons (Fsp3) is 0.462. The Labute approximate surface area is 126 Å². The monoisotopic (exact) mass is 349 g/mol. The molecule has 100 valence electrons. The first-order valence-corrected chi connectivity index (χ1v) is 7.74. The van der Waals surface area contributed by atoms with Gasteiger partial charge in [0.25, 0.3) is 0 Å². The second-order valence-electron chi connectivity index (χ2n) is 5.03. The lowest BCUT2D eigenvalue weighted by atomic mass is 10.2. The van der Waals surface area contributed by atoms with Gasteiger partial charge in [0.05, 0.1) is 11.4 Å². The summed E-state index contributed by atoms with van der Waals surface area (Å²) < 4.78 is 0.929. The van der Waals surface area contributed by atoms with Gasteiger partial charge < -0.3 is 5.32 Å². The zero-order valence-electron chi connectivity index (χ0n) is 10.9. The summed E-state index contributed by atoms with van der Waals surface area (Å²) in [5, 5.41) is 3.51. The molecule has 0 fully saturated rings. The van der Waals surface area contributed by atoms with Crippen LogP contribution in [0.2, 0.25) is 5.02 Å². The summed E-state index contributed by atoms with van der Waals surface area (Å²) in [4.78, 5) is 11.8. The quantitative estimate of drug-likeness (QED) is 0.841. The van der Waals surface area contributed by atoms with Gasteiger partial charge in [0.2, 0.25) is 5.91 Å². The summed E-state index contributed by atoms with van der Waals surface area (Å²) in [5.41, 5.74) is 1.69. The highest BCUT2D eigenvalue weighted by molar-refractivity contribution is 9.10. The van der Waals surface area contributed by atoms with Crippen LogP contribution in [-0.2, 0) is 4.79 Å². The van der Waals surface area contributed by atoms with E-state index in [2.05, 4.69) is 42.0 Å². The van der Waals surface area contributed by atoms with E-state index in [1.807, 2.05) is 13.0 Å². The number of carbonyl (C=O) groups excluding carboxylic acids is 1. The van der Waals surface area contributed by atoms with E-state index < -0.39 is 0 Å². The minimum absolute atomic E-state index is 0.0180. The van der Waals surface area contributed by atoms with E-state index in [1.54, 1.807) is 17.8 Å². The van der Waals surface area contributed by atoms with Crippen molar-refractivity contribution in [3.8, 4) is 0 Å². The van der Waals surface area contributed by atoms with Crippen molar-refractivity contribution in [3.05, 3.63) is 27.2 Å². The summed E-state index contributed by atoms with van der Waals surface area (Å²) in [6, 6.07) is 3.66. The Morgan fingerprint density at radius 1 is 1.44 bits per heavy atom. The highest BCUT2D eigenvalue weighted by Gasteiger charge is 2.14. The standard InChI is InChI=1S/C13H17BrClNOS/c1-8-5-9(14)11(6-10(8)15)16-12(17)7-18-13(2,3)4/h5-6H,7H2,1-4H3,(H,16,17). The number of hydrogen-bond acceptors (Lipinski definition) is 2. The largest absolute Gasteiger partial charge is 0.324 e. The molecule has 0 spiro atoms. The van der Waals surface area contributed by atoms with E-state index in [0.29, 0.717) is 16.5 Å². The van der Waals surface area contributed by atoms with Crippen LogP contribution in [0.25, 0.3) is 0 Å². The zero-order chi connectivity index (χ0) is 13.9. The van der Waals surface area contributed by atoms with Crippen molar-refractivity contribution in [2.24, 2.45) is 0 Å². The van der Waals surface area contributed by atoms with Crippen molar-refractivity contribution in [3.63, 3.8) is 0 Å². The van der Waals surface area contributed by atoms with E-state index >= 15 is 0 Å². The molecule has 1 aromatic rings. The molecule has 0 atom stereocenters. The Morgan fingerprint density at radius 3 is 2.61 bits per heavy atom. The predicted octanol–water partition coefficient (Wildman–Crippen LogP) is 4.88. The maximum atomic E-state index is 11.8. The Bertz CT molecular complexity index is 457. The van der Waals surface area contributed by atoms with Gasteiger partial charge in [-0.05, 0) is 40.5 Å². The van der Waals surface area contributed by atoms with Gasteiger partial charge in [0, 0.05) is 14.2 Å². The van der Waals surface area contributed by atoms with Gasteiger partial charge in [-0.3, -0.25) is 4.79 Å². The van der Waals surface area contributed by atoms with Crippen molar-refractivity contribution in [2.75, 3.05) is 11.1 Å². The van der Waals surface area contributed by atoms with E-state index in [0.717, 1.165) is 10.0 Å². The highest BCUT2D eigenvalue weighted by Crippen LogP contribution is 2.29. The molecule has 18 heavy (non-hydrogen) atoms. The van der Waals surface area contributed by atoms with Crippen LogP contribution in [-0.4, -0.2) is 16.4 Å². The third-order valence-corrected chi connectivity index (χ3v) is 4.49. The molecule has 0 aliphatic carbocycles. The van der Waals surface area contributed by atoms with Gasteiger partial charge in [-0.25, -0.2) is 0 Å². The summed E-state index contributed by atoms with van der Waals surface area (Å²) in [7, 11) is 0. The Morgan fingerprint density at radius 2 is 2.06 bits per heavy atom. The number of anilines is 1. The van der Waals surface area contributed by atoms with Crippen LogP contribution in [0.1, 0.15) is 26.3 Å². The first-order valence-electron chi connectivity index (χ1n) is 5.58. The van der Waals surface area contributed by atoms with Crippen LogP contribution in [0.3, 0.4) is 0 Å². The number of aryl methyl sites for hydroxylation is 1. The molecular formula is C13H17BrClNOS. The van der Waals surface area contributed by atoms with Gasteiger partial charge in [0.1, 0.15) is 0 Å². The summed E-state index contributed by atoms with van der Waals surface area (Å²) in [6.45, 7) is 8.19. The van der Waals surface area contributed by atoms with Crippen molar-refractivity contribution >= 4 is 50.9 Å². The van der Waals surface area contributed by atoms with Crippen molar-refractivity contribution in [1.82, 2.24) is 0 Å². The smallest absolute Gasteiger partial charge is 0.234 e. The lowest BCUT2D eigenvalue weighted by molar-refractivity contribution is -0.113. The maximum Gasteiger partial charge on any atom is 0.234 e. The molecule has 1 N–H and O–H groups in total. The van der Waals surface area contributed by atoms with E-state index in [1.165, 1.54) is 0 Å².